The molecule has 2 aromatic carbocycles. The fourth-order valence-electron chi connectivity index (χ4n) is 4.21. The Labute approximate surface area is 241 Å². The van der Waals surface area contributed by atoms with Crippen LogP contribution in [0.2, 0.25) is 0 Å². The molecule has 0 bridgehead atoms. The summed E-state index contributed by atoms with van der Waals surface area (Å²) >= 11 is 8.38. The van der Waals surface area contributed by atoms with Crippen molar-refractivity contribution >= 4 is 55.2 Å². The Morgan fingerprint density at radius 1 is 1.16 bits per heavy atom. The number of carbonyl (C=O) groups excluding carboxylic acids is 1. The van der Waals surface area contributed by atoms with E-state index in [9.17, 15) is 9.59 Å². The number of carbonyl (C=O) groups is 1. The van der Waals surface area contributed by atoms with Gasteiger partial charge in [-0.1, -0.05) is 39.4 Å². The summed E-state index contributed by atoms with van der Waals surface area (Å²) in [6.07, 6.45) is 1.74. The van der Waals surface area contributed by atoms with Crippen molar-refractivity contribution < 1.29 is 19.0 Å². The van der Waals surface area contributed by atoms with Crippen molar-refractivity contribution in [3.8, 4) is 11.5 Å². The first-order valence-corrected chi connectivity index (χ1v) is 14.6. The van der Waals surface area contributed by atoms with Gasteiger partial charge in [0.25, 0.3) is 5.56 Å². The standard InChI is InChI=1S/C28H28Br2N2O5S/c1-6-35-20-10-8-17(9-11-20)24-23(27(34)36-7-2)16(5)31-28-32(24)26(33)22(38-28)13-18-12-19(29)14-21(30)25(18)37-15(3)4/h8-15,24H,6-7H2,1-5H3/b22-13-/t24-/m1/s1. The predicted octanol–water partition coefficient (Wildman–Crippen LogP) is 5.51. The molecule has 4 rings (SSSR count). The summed E-state index contributed by atoms with van der Waals surface area (Å²) in [4.78, 5) is 32.2. The zero-order valence-corrected chi connectivity index (χ0v) is 25.7. The fraction of sp³-hybridized carbons (Fsp3) is 0.321. The van der Waals surface area contributed by atoms with Crippen LogP contribution in [-0.4, -0.2) is 29.9 Å². The fourth-order valence-corrected chi connectivity index (χ4v) is 6.60. The first-order chi connectivity index (χ1) is 18.1. The van der Waals surface area contributed by atoms with Crippen LogP contribution in [0.5, 0.6) is 11.5 Å². The molecule has 0 amide bonds. The lowest BCUT2D eigenvalue weighted by molar-refractivity contribution is -0.139. The molecule has 0 aliphatic carbocycles. The Morgan fingerprint density at radius 2 is 1.87 bits per heavy atom. The Morgan fingerprint density at radius 3 is 2.50 bits per heavy atom. The molecule has 0 N–H and O–H groups in total. The molecule has 200 valence electrons. The number of allylic oxidation sites excluding steroid dienone is 1. The van der Waals surface area contributed by atoms with Gasteiger partial charge in [0, 0.05) is 10.0 Å². The highest BCUT2D eigenvalue weighted by molar-refractivity contribution is 9.11. The number of fused-ring (bicyclic) bond motifs is 1. The van der Waals surface area contributed by atoms with Gasteiger partial charge >= 0.3 is 5.97 Å². The lowest BCUT2D eigenvalue weighted by Crippen LogP contribution is -2.39. The number of ether oxygens (including phenoxy) is 3. The predicted molar refractivity (Wildman–Crippen MR) is 156 cm³/mol. The summed E-state index contributed by atoms with van der Waals surface area (Å²) < 4.78 is 20.7. The van der Waals surface area contributed by atoms with Crippen LogP contribution in [0.3, 0.4) is 0 Å². The zero-order chi connectivity index (χ0) is 27.6. The number of halogens is 2. The Hall–Kier alpha value is -2.69. The number of nitrogens with zero attached hydrogens (tertiary/aromatic N) is 2. The summed E-state index contributed by atoms with van der Waals surface area (Å²) in [5, 5.41) is 0. The van der Waals surface area contributed by atoms with E-state index in [0.29, 0.717) is 38.7 Å². The van der Waals surface area contributed by atoms with Gasteiger partial charge in [0.15, 0.2) is 4.80 Å². The Balaban J connectivity index is 1.94. The Kier molecular flexibility index (Phi) is 8.95. The van der Waals surface area contributed by atoms with Crippen molar-refractivity contribution in [3.05, 3.63) is 87.4 Å². The number of rotatable bonds is 8. The van der Waals surface area contributed by atoms with E-state index < -0.39 is 12.0 Å². The van der Waals surface area contributed by atoms with E-state index in [1.807, 2.05) is 57.2 Å². The molecule has 0 radical (unpaired) electrons. The van der Waals surface area contributed by atoms with Crippen molar-refractivity contribution in [2.24, 2.45) is 4.99 Å². The van der Waals surface area contributed by atoms with E-state index in [0.717, 1.165) is 20.1 Å². The lowest BCUT2D eigenvalue weighted by Gasteiger charge is -2.24. The second-order valence-corrected chi connectivity index (χ2v) is 11.6. The first-order valence-electron chi connectivity index (χ1n) is 12.2. The summed E-state index contributed by atoms with van der Waals surface area (Å²) in [6.45, 7) is 10.1. The molecule has 0 fully saturated rings. The van der Waals surface area contributed by atoms with Gasteiger partial charge in [0.2, 0.25) is 0 Å². The molecule has 0 saturated heterocycles. The molecular formula is C28H28Br2N2O5S. The van der Waals surface area contributed by atoms with E-state index >= 15 is 0 Å². The molecule has 0 unspecified atom stereocenters. The quantitative estimate of drug-likeness (QED) is 0.297. The molecule has 2 heterocycles. The van der Waals surface area contributed by atoms with Crippen molar-refractivity contribution in [1.82, 2.24) is 4.57 Å². The summed E-state index contributed by atoms with van der Waals surface area (Å²) in [5.41, 5.74) is 2.10. The van der Waals surface area contributed by atoms with Gasteiger partial charge in [-0.15, -0.1) is 0 Å². The molecular weight excluding hydrogens is 636 g/mol. The van der Waals surface area contributed by atoms with Crippen LogP contribution in [0.15, 0.2) is 66.4 Å². The van der Waals surface area contributed by atoms with Gasteiger partial charge in [0.05, 0.1) is 45.6 Å². The molecule has 38 heavy (non-hydrogen) atoms. The smallest absolute Gasteiger partial charge is 0.338 e. The third kappa shape index (κ3) is 5.82. The molecule has 1 atom stereocenters. The Bertz CT molecular complexity index is 1570. The van der Waals surface area contributed by atoms with Gasteiger partial charge in [-0.2, -0.15) is 0 Å². The number of benzene rings is 2. The van der Waals surface area contributed by atoms with Crippen molar-refractivity contribution in [1.29, 1.82) is 0 Å². The number of thiazole rings is 1. The maximum Gasteiger partial charge on any atom is 0.338 e. The van der Waals surface area contributed by atoms with Crippen molar-refractivity contribution in [2.75, 3.05) is 13.2 Å². The first kappa shape index (κ1) is 28.3. The third-order valence-corrected chi connectivity index (χ3v) is 7.73. The van der Waals surface area contributed by atoms with E-state index in [1.54, 1.807) is 24.5 Å². The van der Waals surface area contributed by atoms with Gasteiger partial charge in [0.1, 0.15) is 11.5 Å². The molecule has 1 aliphatic rings. The summed E-state index contributed by atoms with van der Waals surface area (Å²) in [5.74, 6) is 0.853. The highest BCUT2D eigenvalue weighted by atomic mass is 79.9. The average molecular weight is 664 g/mol. The van der Waals surface area contributed by atoms with E-state index in [1.165, 1.54) is 11.3 Å². The van der Waals surface area contributed by atoms with Crippen molar-refractivity contribution in [2.45, 2.75) is 46.8 Å². The van der Waals surface area contributed by atoms with Crippen LogP contribution in [0.1, 0.15) is 51.8 Å². The minimum absolute atomic E-state index is 0.0599. The largest absolute Gasteiger partial charge is 0.494 e. The van der Waals surface area contributed by atoms with Crippen LogP contribution in [0, 0.1) is 0 Å². The van der Waals surface area contributed by atoms with E-state index in [4.69, 9.17) is 14.2 Å². The number of aromatic nitrogens is 1. The lowest BCUT2D eigenvalue weighted by atomic mass is 9.96. The van der Waals surface area contributed by atoms with Gasteiger partial charge < -0.3 is 14.2 Å². The third-order valence-electron chi connectivity index (χ3n) is 5.70. The summed E-state index contributed by atoms with van der Waals surface area (Å²) in [6, 6.07) is 10.5. The zero-order valence-electron chi connectivity index (χ0n) is 21.7. The van der Waals surface area contributed by atoms with E-state index in [-0.39, 0.29) is 18.3 Å². The van der Waals surface area contributed by atoms with Crippen LogP contribution in [0.25, 0.3) is 6.08 Å². The van der Waals surface area contributed by atoms with Crippen molar-refractivity contribution in [3.63, 3.8) is 0 Å². The van der Waals surface area contributed by atoms with Crippen LogP contribution in [0.4, 0.5) is 0 Å². The maximum atomic E-state index is 13.9. The minimum atomic E-state index is -0.691. The van der Waals surface area contributed by atoms with E-state index in [2.05, 4.69) is 36.9 Å². The van der Waals surface area contributed by atoms with Crippen LogP contribution < -0.4 is 24.4 Å². The van der Waals surface area contributed by atoms with Crippen LogP contribution >= 0.6 is 43.2 Å². The summed E-state index contributed by atoms with van der Waals surface area (Å²) in [7, 11) is 0. The number of hydrogen-bond donors (Lipinski definition) is 0. The second-order valence-electron chi connectivity index (χ2n) is 8.78. The van der Waals surface area contributed by atoms with Crippen LogP contribution in [-0.2, 0) is 9.53 Å². The molecule has 0 spiro atoms. The molecule has 1 aliphatic heterocycles. The second kappa shape index (κ2) is 12.0. The maximum absolute atomic E-state index is 13.9. The molecule has 7 nitrogen and oxygen atoms in total. The minimum Gasteiger partial charge on any atom is -0.494 e. The molecule has 0 saturated carbocycles. The van der Waals surface area contributed by atoms with Gasteiger partial charge in [-0.3, -0.25) is 9.36 Å². The highest BCUT2D eigenvalue weighted by Crippen LogP contribution is 2.35. The molecule has 1 aromatic heterocycles. The van der Waals surface area contributed by atoms with Gasteiger partial charge in [-0.25, -0.2) is 9.79 Å². The molecule has 10 heteroatoms. The highest BCUT2D eigenvalue weighted by Gasteiger charge is 2.33. The normalized spacial score (nSPS) is 15.4. The SMILES string of the molecule is CCOC(=O)C1=C(C)N=c2s/c(=C\c3cc(Br)cc(Br)c3OC(C)C)c(=O)n2[C@@H]1c1ccc(OCC)cc1. The number of esters is 1. The number of hydrogen-bond acceptors (Lipinski definition) is 7. The monoisotopic (exact) mass is 662 g/mol. The topological polar surface area (TPSA) is 79.1 Å². The average Bonchev–Trinajstić information content (AvgIpc) is 3.15. The van der Waals surface area contributed by atoms with Gasteiger partial charge in [-0.05, 0) is 86.5 Å². The molecule has 3 aromatic rings.